The quantitative estimate of drug-likeness (QED) is 0.905. The van der Waals surface area contributed by atoms with E-state index >= 15 is 0 Å². The lowest BCUT2D eigenvalue weighted by molar-refractivity contribution is -0.0712. The van der Waals surface area contributed by atoms with Gasteiger partial charge in [-0.05, 0) is 32.3 Å². The molecule has 19 heavy (non-hydrogen) atoms. The van der Waals surface area contributed by atoms with E-state index in [4.69, 9.17) is 10.5 Å². The molecular weight excluding hydrogens is 236 g/mol. The first-order chi connectivity index (χ1) is 9.19. The summed E-state index contributed by atoms with van der Waals surface area (Å²) < 4.78 is 5.92. The van der Waals surface area contributed by atoms with Gasteiger partial charge in [0.1, 0.15) is 0 Å². The lowest BCUT2D eigenvalue weighted by atomic mass is 9.94. The summed E-state index contributed by atoms with van der Waals surface area (Å²) in [6.07, 6.45) is 2.80. The van der Waals surface area contributed by atoms with Gasteiger partial charge in [-0.2, -0.15) is 0 Å². The Kier molecular flexibility index (Phi) is 3.61. The first kappa shape index (κ1) is 13.1. The highest BCUT2D eigenvalue weighted by molar-refractivity contribution is 5.32. The molecule has 0 spiro atoms. The predicted molar refractivity (Wildman–Crippen MR) is 77.2 cm³/mol. The molecule has 3 nitrogen and oxygen atoms in total. The molecule has 2 unspecified atom stereocenters. The fourth-order valence-corrected chi connectivity index (χ4v) is 3.35. The Bertz CT molecular complexity index is 436. The lowest BCUT2D eigenvalue weighted by Gasteiger charge is -2.41. The molecule has 104 valence electrons. The molecule has 2 fully saturated rings. The number of nitrogens with two attached hydrogens (primary N) is 1. The van der Waals surface area contributed by atoms with Crippen LogP contribution in [-0.2, 0) is 4.74 Å². The Morgan fingerprint density at radius 2 is 1.89 bits per heavy atom. The minimum atomic E-state index is 0.135. The molecule has 3 rings (SSSR count). The Labute approximate surface area is 115 Å². The van der Waals surface area contributed by atoms with Gasteiger partial charge in [0, 0.05) is 19.1 Å². The Morgan fingerprint density at radius 1 is 1.21 bits per heavy atom. The van der Waals surface area contributed by atoms with Crippen LogP contribution in [0.2, 0.25) is 0 Å². The maximum atomic E-state index is 5.94. The normalized spacial score (nSPS) is 28.6. The standard InChI is InChI=1S/C16H24N2O/c1-11-7-12(2)9-13(8-11)16-15(10-17)19-6-5-18(16)14-3-4-14/h7-9,14-16H,3-6,10,17H2,1-2H3. The summed E-state index contributed by atoms with van der Waals surface area (Å²) in [7, 11) is 0. The van der Waals surface area contributed by atoms with Crippen LogP contribution in [0.25, 0.3) is 0 Å². The average molecular weight is 260 g/mol. The van der Waals surface area contributed by atoms with Crippen molar-refractivity contribution in [3.63, 3.8) is 0 Å². The first-order valence-corrected chi connectivity index (χ1v) is 7.34. The molecule has 0 radical (unpaired) electrons. The zero-order valence-corrected chi connectivity index (χ0v) is 11.9. The number of hydrogen-bond donors (Lipinski definition) is 1. The molecule has 1 heterocycles. The topological polar surface area (TPSA) is 38.5 Å². The van der Waals surface area contributed by atoms with Gasteiger partial charge in [0.2, 0.25) is 0 Å². The molecule has 3 heteroatoms. The molecule has 0 bridgehead atoms. The van der Waals surface area contributed by atoms with Crippen molar-refractivity contribution in [1.82, 2.24) is 4.90 Å². The smallest absolute Gasteiger partial charge is 0.0894 e. The van der Waals surface area contributed by atoms with Gasteiger partial charge in [0.05, 0.1) is 18.8 Å². The van der Waals surface area contributed by atoms with E-state index in [0.29, 0.717) is 12.6 Å². The SMILES string of the molecule is Cc1cc(C)cc(C2C(CN)OCCN2C2CC2)c1. The molecule has 1 saturated carbocycles. The highest BCUT2D eigenvalue weighted by Crippen LogP contribution is 2.39. The van der Waals surface area contributed by atoms with Crippen molar-refractivity contribution in [1.29, 1.82) is 0 Å². The molecule has 1 aliphatic carbocycles. The summed E-state index contributed by atoms with van der Waals surface area (Å²) in [6.45, 7) is 6.79. The maximum absolute atomic E-state index is 5.94. The van der Waals surface area contributed by atoms with Crippen molar-refractivity contribution in [3.05, 3.63) is 34.9 Å². The Morgan fingerprint density at radius 3 is 2.47 bits per heavy atom. The van der Waals surface area contributed by atoms with Crippen molar-refractivity contribution in [2.45, 2.75) is 44.9 Å². The van der Waals surface area contributed by atoms with E-state index in [1.54, 1.807) is 0 Å². The van der Waals surface area contributed by atoms with Gasteiger partial charge in [-0.25, -0.2) is 0 Å². The predicted octanol–water partition coefficient (Wildman–Crippen LogP) is 2.17. The maximum Gasteiger partial charge on any atom is 0.0894 e. The highest BCUT2D eigenvalue weighted by Gasteiger charge is 2.40. The first-order valence-electron chi connectivity index (χ1n) is 7.34. The zero-order chi connectivity index (χ0) is 13.4. The molecule has 2 atom stereocenters. The minimum absolute atomic E-state index is 0.135. The van der Waals surface area contributed by atoms with Crippen LogP contribution >= 0.6 is 0 Å². The summed E-state index contributed by atoms with van der Waals surface area (Å²) >= 11 is 0. The summed E-state index contributed by atoms with van der Waals surface area (Å²) in [6, 6.07) is 7.91. The van der Waals surface area contributed by atoms with Crippen LogP contribution < -0.4 is 5.73 Å². The molecular formula is C16H24N2O. The van der Waals surface area contributed by atoms with E-state index in [0.717, 1.165) is 19.2 Å². The second-order valence-electron chi connectivity index (χ2n) is 5.98. The number of rotatable bonds is 3. The Balaban J connectivity index is 1.95. The van der Waals surface area contributed by atoms with Crippen LogP contribution in [0.3, 0.4) is 0 Å². The third-order valence-corrected chi connectivity index (χ3v) is 4.22. The van der Waals surface area contributed by atoms with Crippen molar-refractivity contribution in [3.8, 4) is 0 Å². The molecule has 2 aliphatic rings. The van der Waals surface area contributed by atoms with Gasteiger partial charge in [0.25, 0.3) is 0 Å². The monoisotopic (exact) mass is 260 g/mol. The third kappa shape index (κ3) is 2.69. The van der Waals surface area contributed by atoms with Crippen molar-refractivity contribution in [2.24, 2.45) is 5.73 Å². The van der Waals surface area contributed by atoms with Crippen LogP contribution in [0.4, 0.5) is 0 Å². The molecule has 0 amide bonds. The second kappa shape index (κ2) is 5.23. The van der Waals surface area contributed by atoms with Crippen molar-refractivity contribution >= 4 is 0 Å². The van der Waals surface area contributed by atoms with E-state index in [-0.39, 0.29) is 6.10 Å². The summed E-state index contributed by atoms with van der Waals surface area (Å²) in [5.74, 6) is 0. The number of ether oxygens (including phenoxy) is 1. The number of hydrogen-bond acceptors (Lipinski definition) is 3. The zero-order valence-electron chi connectivity index (χ0n) is 11.9. The van der Waals surface area contributed by atoms with E-state index < -0.39 is 0 Å². The number of nitrogens with zero attached hydrogens (tertiary/aromatic N) is 1. The number of aryl methyl sites for hydroxylation is 2. The van der Waals surface area contributed by atoms with Crippen LogP contribution in [0, 0.1) is 13.8 Å². The fraction of sp³-hybridized carbons (Fsp3) is 0.625. The van der Waals surface area contributed by atoms with Gasteiger partial charge >= 0.3 is 0 Å². The van der Waals surface area contributed by atoms with E-state index in [1.165, 1.54) is 29.5 Å². The third-order valence-electron chi connectivity index (χ3n) is 4.22. The lowest BCUT2D eigenvalue weighted by Crippen LogP contribution is -2.49. The molecule has 1 aromatic carbocycles. The van der Waals surface area contributed by atoms with Crippen molar-refractivity contribution in [2.75, 3.05) is 19.7 Å². The Hall–Kier alpha value is -0.900. The van der Waals surface area contributed by atoms with Crippen molar-refractivity contribution < 1.29 is 4.74 Å². The molecule has 1 aliphatic heterocycles. The van der Waals surface area contributed by atoms with Crippen LogP contribution in [0.15, 0.2) is 18.2 Å². The van der Waals surface area contributed by atoms with Gasteiger partial charge in [-0.15, -0.1) is 0 Å². The van der Waals surface area contributed by atoms with E-state index in [9.17, 15) is 0 Å². The fourth-order valence-electron chi connectivity index (χ4n) is 3.35. The molecule has 1 saturated heterocycles. The average Bonchev–Trinajstić information content (AvgIpc) is 3.20. The van der Waals surface area contributed by atoms with Gasteiger partial charge in [-0.1, -0.05) is 29.3 Å². The summed E-state index contributed by atoms with van der Waals surface area (Å²) in [5, 5.41) is 0. The number of morpholine rings is 1. The molecule has 1 aromatic rings. The van der Waals surface area contributed by atoms with E-state index in [2.05, 4.69) is 36.9 Å². The van der Waals surface area contributed by atoms with Crippen LogP contribution in [0.1, 0.15) is 35.6 Å². The van der Waals surface area contributed by atoms with Crippen LogP contribution in [0.5, 0.6) is 0 Å². The van der Waals surface area contributed by atoms with E-state index in [1.807, 2.05) is 0 Å². The summed E-state index contributed by atoms with van der Waals surface area (Å²) in [4.78, 5) is 2.62. The highest BCUT2D eigenvalue weighted by atomic mass is 16.5. The molecule has 0 aromatic heterocycles. The largest absolute Gasteiger partial charge is 0.374 e. The minimum Gasteiger partial charge on any atom is -0.374 e. The second-order valence-corrected chi connectivity index (χ2v) is 5.98. The summed E-state index contributed by atoms with van der Waals surface area (Å²) in [5.41, 5.74) is 9.96. The number of benzene rings is 1. The van der Waals surface area contributed by atoms with Gasteiger partial charge in [-0.3, -0.25) is 4.90 Å². The van der Waals surface area contributed by atoms with Gasteiger partial charge < -0.3 is 10.5 Å². The van der Waals surface area contributed by atoms with Gasteiger partial charge in [0.15, 0.2) is 0 Å². The van der Waals surface area contributed by atoms with Crippen LogP contribution in [-0.4, -0.2) is 36.7 Å². The molecule has 2 N–H and O–H groups in total.